The standard InChI is InChI=1S/C13H6ClF4NO/c14-10-3-1-2-7(11(10)15)12(20)8-6-19-5-4-9(8)13(16,17)18/h1-6H. The number of carbonyl (C=O) groups is 1. The predicted octanol–water partition coefficient (Wildman–Crippen LogP) is 4.12. The van der Waals surface area contributed by atoms with Crippen molar-refractivity contribution in [3.05, 3.63) is 64.2 Å². The molecule has 2 nitrogen and oxygen atoms in total. The van der Waals surface area contributed by atoms with Crippen molar-refractivity contribution in [3.63, 3.8) is 0 Å². The van der Waals surface area contributed by atoms with Crippen LogP contribution in [0, 0.1) is 5.82 Å². The molecule has 0 saturated heterocycles. The molecule has 0 atom stereocenters. The molecule has 0 aliphatic rings. The molecule has 0 bridgehead atoms. The monoisotopic (exact) mass is 303 g/mol. The van der Waals surface area contributed by atoms with Gasteiger partial charge in [-0.2, -0.15) is 13.2 Å². The van der Waals surface area contributed by atoms with Gasteiger partial charge in [0.05, 0.1) is 21.7 Å². The van der Waals surface area contributed by atoms with E-state index in [0.717, 1.165) is 18.5 Å². The van der Waals surface area contributed by atoms with Gasteiger partial charge in [0.15, 0.2) is 11.6 Å². The van der Waals surface area contributed by atoms with Gasteiger partial charge in [-0.05, 0) is 18.2 Å². The second-order valence-corrected chi connectivity index (χ2v) is 4.26. The summed E-state index contributed by atoms with van der Waals surface area (Å²) < 4.78 is 52.1. The van der Waals surface area contributed by atoms with E-state index in [1.807, 2.05) is 0 Å². The number of ketones is 1. The molecule has 0 amide bonds. The maximum atomic E-state index is 13.7. The van der Waals surface area contributed by atoms with Crippen LogP contribution in [-0.2, 0) is 6.18 Å². The molecule has 0 fully saturated rings. The van der Waals surface area contributed by atoms with Gasteiger partial charge in [0.25, 0.3) is 0 Å². The fraction of sp³-hybridized carbons (Fsp3) is 0.0769. The summed E-state index contributed by atoms with van der Waals surface area (Å²) in [5.41, 5.74) is -2.42. The summed E-state index contributed by atoms with van der Waals surface area (Å²) in [4.78, 5) is 15.5. The molecule has 0 spiro atoms. The Morgan fingerprint density at radius 3 is 2.50 bits per heavy atom. The zero-order valence-electron chi connectivity index (χ0n) is 9.71. The minimum atomic E-state index is -4.73. The van der Waals surface area contributed by atoms with Crippen molar-refractivity contribution < 1.29 is 22.4 Å². The van der Waals surface area contributed by atoms with Crippen LogP contribution in [0.3, 0.4) is 0 Å². The van der Waals surface area contributed by atoms with Gasteiger partial charge < -0.3 is 0 Å². The van der Waals surface area contributed by atoms with E-state index < -0.39 is 34.5 Å². The number of benzene rings is 1. The van der Waals surface area contributed by atoms with E-state index in [4.69, 9.17) is 11.6 Å². The highest BCUT2D eigenvalue weighted by molar-refractivity contribution is 6.31. The van der Waals surface area contributed by atoms with Gasteiger partial charge in [0.1, 0.15) is 0 Å². The molecule has 0 aliphatic heterocycles. The Kier molecular flexibility index (Phi) is 3.76. The number of nitrogens with zero attached hydrogens (tertiary/aromatic N) is 1. The minimum Gasteiger partial charge on any atom is -0.288 e. The molecule has 1 heterocycles. The minimum absolute atomic E-state index is 0.340. The van der Waals surface area contributed by atoms with E-state index in [-0.39, 0.29) is 5.02 Å². The van der Waals surface area contributed by atoms with Crippen molar-refractivity contribution >= 4 is 17.4 Å². The lowest BCUT2D eigenvalue weighted by Crippen LogP contribution is -2.15. The molecule has 0 saturated carbocycles. The Bertz CT molecular complexity index is 670. The molecular weight excluding hydrogens is 298 g/mol. The molecule has 2 rings (SSSR count). The highest BCUT2D eigenvalue weighted by Gasteiger charge is 2.35. The molecule has 1 aromatic carbocycles. The molecule has 20 heavy (non-hydrogen) atoms. The van der Waals surface area contributed by atoms with Crippen LogP contribution in [0.5, 0.6) is 0 Å². The summed E-state index contributed by atoms with van der Waals surface area (Å²) in [6.45, 7) is 0. The van der Waals surface area contributed by atoms with Crippen LogP contribution in [0.15, 0.2) is 36.7 Å². The van der Waals surface area contributed by atoms with Crippen LogP contribution in [-0.4, -0.2) is 10.8 Å². The zero-order valence-corrected chi connectivity index (χ0v) is 10.5. The lowest BCUT2D eigenvalue weighted by Gasteiger charge is -2.11. The molecule has 104 valence electrons. The van der Waals surface area contributed by atoms with Gasteiger partial charge in [0, 0.05) is 12.4 Å². The molecule has 0 N–H and O–H groups in total. The summed E-state index contributed by atoms with van der Waals surface area (Å²) in [5, 5.41) is -0.340. The summed E-state index contributed by atoms with van der Waals surface area (Å²) in [6.07, 6.45) is -3.07. The van der Waals surface area contributed by atoms with Crippen LogP contribution < -0.4 is 0 Å². The van der Waals surface area contributed by atoms with Crippen LogP contribution in [0.1, 0.15) is 21.5 Å². The van der Waals surface area contributed by atoms with Crippen LogP contribution in [0.2, 0.25) is 5.02 Å². The van der Waals surface area contributed by atoms with E-state index in [1.54, 1.807) is 0 Å². The lowest BCUT2D eigenvalue weighted by molar-refractivity contribution is -0.137. The number of carbonyl (C=O) groups excluding carboxylic acids is 1. The van der Waals surface area contributed by atoms with Crippen molar-refractivity contribution in [3.8, 4) is 0 Å². The Labute approximate surface area is 116 Å². The van der Waals surface area contributed by atoms with E-state index in [1.165, 1.54) is 12.1 Å². The van der Waals surface area contributed by atoms with Gasteiger partial charge in [-0.3, -0.25) is 9.78 Å². The van der Waals surface area contributed by atoms with Crippen molar-refractivity contribution in [1.29, 1.82) is 0 Å². The van der Waals surface area contributed by atoms with E-state index in [2.05, 4.69) is 4.98 Å². The first-order chi connectivity index (χ1) is 9.32. The largest absolute Gasteiger partial charge is 0.417 e. The van der Waals surface area contributed by atoms with Crippen molar-refractivity contribution in [2.24, 2.45) is 0 Å². The Morgan fingerprint density at radius 2 is 1.85 bits per heavy atom. The van der Waals surface area contributed by atoms with Crippen LogP contribution in [0.4, 0.5) is 17.6 Å². The fourth-order valence-electron chi connectivity index (χ4n) is 1.65. The third-order valence-electron chi connectivity index (χ3n) is 2.57. The average Bonchev–Trinajstić information content (AvgIpc) is 2.40. The highest BCUT2D eigenvalue weighted by Crippen LogP contribution is 2.33. The predicted molar refractivity (Wildman–Crippen MR) is 64.1 cm³/mol. The molecule has 7 heteroatoms. The summed E-state index contributed by atoms with van der Waals surface area (Å²) in [7, 11) is 0. The third kappa shape index (κ3) is 2.65. The number of hydrogen-bond acceptors (Lipinski definition) is 2. The molecule has 1 aromatic heterocycles. The summed E-state index contributed by atoms with van der Waals surface area (Å²) >= 11 is 5.51. The first kappa shape index (κ1) is 14.5. The quantitative estimate of drug-likeness (QED) is 0.617. The van der Waals surface area contributed by atoms with E-state index >= 15 is 0 Å². The molecular formula is C13H6ClF4NO. The summed E-state index contributed by atoms with van der Waals surface area (Å²) in [6, 6.07) is 4.20. The van der Waals surface area contributed by atoms with Gasteiger partial charge in [-0.15, -0.1) is 0 Å². The van der Waals surface area contributed by atoms with Crippen molar-refractivity contribution in [2.45, 2.75) is 6.18 Å². The van der Waals surface area contributed by atoms with Gasteiger partial charge >= 0.3 is 6.18 Å². The third-order valence-corrected chi connectivity index (χ3v) is 2.86. The Hall–Kier alpha value is -1.95. The molecule has 0 radical (unpaired) electrons. The maximum absolute atomic E-state index is 13.7. The van der Waals surface area contributed by atoms with Crippen LogP contribution >= 0.6 is 11.6 Å². The number of rotatable bonds is 2. The SMILES string of the molecule is O=C(c1cnccc1C(F)(F)F)c1cccc(Cl)c1F. The summed E-state index contributed by atoms with van der Waals surface area (Å²) in [5.74, 6) is -2.18. The second kappa shape index (κ2) is 5.20. The topological polar surface area (TPSA) is 30.0 Å². The zero-order chi connectivity index (χ0) is 14.9. The first-order valence-corrected chi connectivity index (χ1v) is 5.70. The van der Waals surface area contributed by atoms with Crippen molar-refractivity contribution in [2.75, 3.05) is 0 Å². The first-order valence-electron chi connectivity index (χ1n) is 5.32. The molecule has 0 unspecified atom stereocenters. The Balaban J connectivity index is 2.58. The number of aromatic nitrogens is 1. The average molecular weight is 304 g/mol. The number of halogens is 5. The maximum Gasteiger partial charge on any atom is 0.417 e. The van der Waals surface area contributed by atoms with Gasteiger partial charge in [-0.25, -0.2) is 4.39 Å². The van der Waals surface area contributed by atoms with Gasteiger partial charge in [-0.1, -0.05) is 17.7 Å². The number of pyridine rings is 1. The van der Waals surface area contributed by atoms with Gasteiger partial charge in [0.2, 0.25) is 0 Å². The van der Waals surface area contributed by atoms with E-state index in [0.29, 0.717) is 6.07 Å². The Morgan fingerprint density at radius 1 is 1.15 bits per heavy atom. The number of hydrogen-bond donors (Lipinski definition) is 0. The highest BCUT2D eigenvalue weighted by atomic mass is 35.5. The smallest absolute Gasteiger partial charge is 0.288 e. The lowest BCUT2D eigenvalue weighted by atomic mass is 10.00. The van der Waals surface area contributed by atoms with E-state index in [9.17, 15) is 22.4 Å². The van der Waals surface area contributed by atoms with Crippen LogP contribution in [0.25, 0.3) is 0 Å². The molecule has 0 aliphatic carbocycles. The molecule has 2 aromatic rings. The second-order valence-electron chi connectivity index (χ2n) is 3.85. The fourth-order valence-corrected chi connectivity index (χ4v) is 1.82. The normalized spacial score (nSPS) is 11.4. The number of alkyl halides is 3. The van der Waals surface area contributed by atoms with Crippen molar-refractivity contribution in [1.82, 2.24) is 4.98 Å².